The van der Waals surface area contributed by atoms with Crippen LogP contribution in [0.3, 0.4) is 0 Å². The summed E-state index contributed by atoms with van der Waals surface area (Å²) in [5.41, 5.74) is 3.69. The number of unbranched alkanes of at least 4 members (excludes halogenated alkanes) is 3. The van der Waals surface area contributed by atoms with Crippen LogP contribution in [0.15, 0.2) is 0 Å². The molecule has 5 heteroatoms. The van der Waals surface area contributed by atoms with Gasteiger partial charge in [-0.1, -0.05) is 25.7 Å². The van der Waals surface area contributed by atoms with Gasteiger partial charge in [0.15, 0.2) is 0 Å². The highest BCUT2D eigenvalue weighted by atomic mass is 16.6. The van der Waals surface area contributed by atoms with Crippen LogP contribution in [0.1, 0.15) is 53.4 Å². The molecule has 0 atom stereocenters. The maximum atomic E-state index is 11.2. The van der Waals surface area contributed by atoms with Gasteiger partial charge < -0.3 is 4.74 Å². The Kier molecular flexibility index (Phi) is 7.61. The van der Waals surface area contributed by atoms with Gasteiger partial charge in [0.1, 0.15) is 5.60 Å². The Hall–Kier alpha value is -1.70. The molecule has 0 bridgehead atoms. The standard InChI is InChI=1S/C13H22N2O3/c1-5-6-7-8-9-10-11(16)14-15-12(17)18-13(2,3)4/h5-8H2,1-4H3,(H,14,16)(H,15,17). The number of ether oxygens (including phenoxy) is 1. The number of hydrazine groups is 1. The number of rotatable bonds is 3. The van der Waals surface area contributed by atoms with E-state index in [2.05, 4.69) is 29.6 Å². The summed E-state index contributed by atoms with van der Waals surface area (Å²) >= 11 is 0. The summed E-state index contributed by atoms with van der Waals surface area (Å²) in [4.78, 5) is 22.4. The third-order valence-corrected chi connectivity index (χ3v) is 1.78. The molecule has 0 saturated heterocycles. The van der Waals surface area contributed by atoms with Crippen molar-refractivity contribution in [2.45, 2.75) is 59.0 Å². The van der Waals surface area contributed by atoms with E-state index in [0.29, 0.717) is 6.42 Å². The van der Waals surface area contributed by atoms with E-state index < -0.39 is 17.6 Å². The van der Waals surface area contributed by atoms with E-state index in [1.165, 1.54) is 0 Å². The number of nitrogens with one attached hydrogen (secondary N) is 2. The van der Waals surface area contributed by atoms with E-state index in [1.54, 1.807) is 20.8 Å². The zero-order chi connectivity index (χ0) is 14.0. The molecule has 0 aliphatic carbocycles. The van der Waals surface area contributed by atoms with Gasteiger partial charge in [-0.2, -0.15) is 0 Å². The van der Waals surface area contributed by atoms with Crippen LogP contribution >= 0.6 is 0 Å². The molecule has 0 unspecified atom stereocenters. The third kappa shape index (κ3) is 10.8. The molecule has 2 amide bonds. The van der Waals surface area contributed by atoms with Crippen molar-refractivity contribution < 1.29 is 14.3 Å². The van der Waals surface area contributed by atoms with E-state index in [4.69, 9.17) is 4.74 Å². The van der Waals surface area contributed by atoms with E-state index in [-0.39, 0.29) is 0 Å². The van der Waals surface area contributed by atoms with Crippen molar-refractivity contribution in [3.63, 3.8) is 0 Å². The first-order valence-electron chi connectivity index (χ1n) is 6.13. The van der Waals surface area contributed by atoms with Gasteiger partial charge in [-0.05, 0) is 33.1 Å². The van der Waals surface area contributed by atoms with Gasteiger partial charge in [-0.15, -0.1) is 0 Å². The average molecular weight is 254 g/mol. The Bertz CT molecular complexity index is 334. The van der Waals surface area contributed by atoms with Gasteiger partial charge in [-0.25, -0.2) is 10.2 Å². The lowest BCUT2D eigenvalue weighted by Gasteiger charge is -2.19. The van der Waals surface area contributed by atoms with Crippen molar-refractivity contribution in [2.24, 2.45) is 0 Å². The van der Waals surface area contributed by atoms with Crippen LogP contribution < -0.4 is 10.9 Å². The Morgan fingerprint density at radius 3 is 2.39 bits per heavy atom. The Labute approximate surface area is 109 Å². The van der Waals surface area contributed by atoms with Crippen LogP contribution in [0.25, 0.3) is 0 Å². The molecular weight excluding hydrogens is 232 g/mol. The predicted octanol–water partition coefficient (Wildman–Crippen LogP) is 2.13. The lowest BCUT2D eigenvalue weighted by Crippen LogP contribution is -2.43. The molecule has 2 N–H and O–H groups in total. The second-order valence-electron chi connectivity index (χ2n) is 4.84. The molecule has 0 spiro atoms. The molecule has 5 nitrogen and oxygen atoms in total. The van der Waals surface area contributed by atoms with Gasteiger partial charge >= 0.3 is 12.0 Å². The second-order valence-corrected chi connectivity index (χ2v) is 4.84. The molecule has 0 heterocycles. The molecule has 0 aliphatic rings. The lowest BCUT2D eigenvalue weighted by atomic mass is 10.2. The Balaban J connectivity index is 3.79. The smallest absolute Gasteiger partial charge is 0.426 e. The number of hydrogen-bond donors (Lipinski definition) is 2. The van der Waals surface area contributed by atoms with Crippen LogP contribution in [0.4, 0.5) is 4.79 Å². The fraction of sp³-hybridized carbons (Fsp3) is 0.692. The molecule has 0 aromatic rings. The molecule has 0 aromatic heterocycles. The molecule has 0 fully saturated rings. The maximum absolute atomic E-state index is 11.2. The molecule has 18 heavy (non-hydrogen) atoms. The molecule has 0 aliphatic heterocycles. The summed E-state index contributed by atoms with van der Waals surface area (Å²) in [5, 5.41) is 0. The molecule has 0 radical (unpaired) electrons. The van der Waals surface area contributed by atoms with E-state index >= 15 is 0 Å². The van der Waals surface area contributed by atoms with Gasteiger partial charge in [-0.3, -0.25) is 10.2 Å². The minimum atomic E-state index is -0.705. The molecule has 102 valence electrons. The van der Waals surface area contributed by atoms with E-state index in [0.717, 1.165) is 19.3 Å². The van der Waals surface area contributed by atoms with E-state index in [1.807, 2.05) is 0 Å². The highest BCUT2D eigenvalue weighted by molar-refractivity contribution is 5.94. The number of carbonyl (C=O) groups excluding carboxylic acids is 2. The average Bonchev–Trinajstić information content (AvgIpc) is 2.24. The summed E-state index contributed by atoms with van der Waals surface area (Å²) in [5.74, 6) is 4.58. The summed E-state index contributed by atoms with van der Waals surface area (Å²) in [7, 11) is 0. The van der Waals surface area contributed by atoms with Crippen LogP contribution in [-0.4, -0.2) is 17.6 Å². The first-order valence-corrected chi connectivity index (χ1v) is 6.13. The second kappa shape index (κ2) is 8.40. The predicted molar refractivity (Wildman–Crippen MR) is 69.4 cm³/mol. The monoisotopic (exact) mass is 254 g/mol. The SMILES string of the molecule is CCCCCC#CC(=O)NNC(=O)OC(C)(C)C. The zero-order valence-corrected chi connectivity index (χ0v) is 11.6. The van der Waals surface area contributed by atoms with E-state index in [9.17, 15) is 9.59 Å². The first-order chi connectivity index (χ1) is 8.35. The van der Waals surface area contributed by atoms with Crippen LogP contribution in [0.2, 0.25) is 0 Å². The summed E-state index contributed by atoms with van der Waals surface area (Å²) < 4.78 is 4.93. The van der Waals surface area contributed by atoms with Gasteiger partial charge in [0.2, 0.25) is 0 Å². The molecule has 0 rings (SSSR count). The lowest BCUT2D eigenvalue weighted by molar-refractivity contribution is -0.116. The summed E-state index contributed by atoms with van der Waals surface area (Å²) in [6.07, 6.45) is 3.19. The largest absolute Gasteiger partial charge is 0.443 e. The van der Waals surface area contributed by atoms with Crippen molar-refractivity contribution in [1.82, 2.24) is 10.9 Å². The van der Waals surface area contributed by atoms with Gasteiger partial charge in [0.25, 0.3) is 0 Å². The fourth-order valence-corrected chi connectivity index (χ4v) is 1.05. The molecule has 0 aromatic carbocycles. The first kappa shape index (κ1) is 16.3. The summed E-state index contributed by atoms with van der Waals surface area (Å²) in [6, 6.07) is 0. The minimum Gasteiger partial charge on any atom is -0.443 e. The highest BCUT2D eigenvalue weighted by Gasteiger charge is 2.15. The zero-order valence-electron chi connectivity index (χ0n) is 11.6. The third-order valence-electron chi connectivity index (χ3n) is 1.78. The van der Waals surface area contributed by atoms with Crippen LogP contribution in [0, 0.1) is 11.8 Å². The minimum absolute atomic E-state index is 0.544. The van der Waals surface area contributed by atoms with Crippen LogP contribution in [-0.2, 0) is 9.53 Å². The van der Waals surface area contributed by atoms with Gasteiger partial charge in [0.05, 0.1) is 0 Å². The Morgan fingerprint density at radius 1 is 1.17 bits per heavy atom. The van der Waals surface area contributed by atoms with Crippen molar-refractivity contribution in [3.8, 4) is 11.8 Å². The number of hydrogen-bond acceptors (Lipinski definition) is 3. The normalized spacial score (nSPS) is 10.0. The molecular formula is C13H22N2O3. The quantitative estimate of drug-likeness (QED) is 0.460. The van der Waals surface area contributed by atoms with Crippen molar-refractivity contribution in [3.05, 3.63) is 0 Å². The van der Waals surface area contributed by atoms with Gasteiger partial charge in [0, 0.05) is 6.42 Å². The summed E-state index contributed by atoms with van der Waals surface area (Å²) in [6.45, 7) is 7.32. The highest BCUT2D eigenvalue weighted by Crippen LogP contribution is 2.05. The fourth-order valence-electron chi connectivity index (χ4n) is 1.05. The van der Waals surface area contributed by atoms with Crippen molar-refractivity contribution in [2.75, 3.05) is 0 Å². The van der Waals surface area contributed by atoms with Crippen molar-refractivity contribution in [1.29, 1.82) is 0 Å². The topological polar surface area (TPSA) is 67.4 Å². The van der Waals surface area contributed by atoms with Crippen LogP contribution in [0.5, 0.6) is 0 Å². The number of amides is 2. The molecule has 0 saturated carbocycles. The van der Waals surface area contributed by atoms with Crippen molar-refractivity contribution >= 4 is 12.0 Å². The number of carbonyl (C=O) groups is 2. The maximum Gasteiger partial charge on any atom is 0.426 e. The Morgan fingerprint density at radius 2 is 1.83 bits per heavy atom.